The number of nitrogens with one attached hydrogen (secondary N) is 2. The van der Waals surface area contributed by atoms with Gasteiger partial charge in [-0.25, -0.2) is 14.0 Å². The lowest BCUT2D eigenvalue weighted by atomic mass is 9.87. The van der Waals surface area contributed by atoms with Gasteiger partial charge in [0, 0.05) is 0 Å². The van der Waals surface area contributed by atoms with Gasteiger partial charge in [-0.05, 0) is 17.5 Å². The number of carbonyl (C=O) groups is 2. The van der Waals surface area contributed by atoms with Gasteiger partial charge in [0.15, 0.2) is 5.82 Å². The standard InChI is InChI=1S/C13H16ClFN2O3/c1-13(2,3)10(11(18)19)17-12(20)16-8-6-4-5-7(14)9(8)15/h4-6,10H,1-3H3,(H,18,19)(H2,16,17,20)/t10-/m1/s1. The number of urea groups is 1. The molecule has 0 aliphatic rings. The molecule has 5 nitrogen and oxygen atoms in total. The number of hydrogen-bond acceptors (Lipinski definition) is 2. The molecule has 0 bridgehead atoms. The van der Waals surface area contributed by atoms with Crippen molar-refractivity contribution < 1.29 is 19.1 Å². The number of halogens is 2. The maximum absolute atomic E-state index is 13.6. The molecule has 0 aromatic heterocycles. The Hall–Kier alpha value is -1.82. The zero-order chi connectivity index (χ0) is 15.5. The van der Waals surface area contributed by atoms with Crippen LogP contribution in [-0.4, -0.2) is 23.1 Å². The van der Waals surface area contributed by atoms with Crippen LogP contribution in [0.15, 0.2) is 18.2 Å². The Morgan fingerprint density at radius 2 is 1.95 bits per heavy atom. The monoisotopic (exact) mass is 302 g/mol. The molecule has 1 atom stereocenters. The zero-order valence-corrected chi connectivity index (χ0v) is 12.1. The Morgan fingerprint density at radius 1 is 1.35 bits per heavy atom. The lowest BCUT2D eigenvalue weighted by molar-refractivity contribution is -0.141. The summed E-state index contributed by atoms with van der Waals surface area (Å²) in [6.45, 7) is 5.02. The molecular formula is C13H16ClFN2O3. The van der Waals surface area contributed by atoms with Crippen molar-refractivity contribution in [3.63, 3.8) is 0 Å². The Kier molecular flexibility index (Phi) is 4.94. The molecule has 20 heavy (non-hydrogen) atoms. The van der Waals surface area contributed by atoms with Gasteiger partial charge in [0.1, 0.15) is 6.04 Å². The van der Waals surface area contributed by atoms with Gasteiger partial charge in [0.25, 0.3) is 0 Å². The smallest absolute Gasteiger partial charge is 0.326 e. The SMILES string of the molecule is CC(C)(C)[C@H](NC(=O)Nc1cccc(Cl)c1F)C(=O)O. The van der Waals surface area contributed by atoms with Crippen molar-refractivity contribution in [2.75, 3.05) is 5.32 Å². The van der Waals surface area contributed by atoms with Crippen LogP contribution in [0.4, 0.5) is 14.9 Å². The average molecular weight is 303 g/mol. The quantitative estimate of drug-likeness (QED) is 0.803. The first kappa shape index (κ1) is 16.2. The molecular weight excluding hydrogens is 287 g/mol. The number of carbonyl (C=O) groups excluding carboxylic acids is 1. The Balaban J connectivity index is 2.82. The highest BCUT2D eigenvalue weighted by Crippen LogP contribution is 2.23. The summed E-state index contributed by atoms with van der Waals surface area (Å²) in [5.41, 5.74) is -0.802. The average Bonchev–Trinajstić information content (AvgIpc) is 2.30. The second kappa shape index (κ2) is 6.09. The fourth-order valence-corrected chi connectivity index (χ4v) is 1.71. The first-order chi connectivity index (χ1) is 9.12. The molecule has 2 amide bonds. The zero-order valence-electron chi connectivity index (χ0n) is 11.3. The van der Waals surface area contributed by atoms with Crippen LogP contribution in [0.5, 0.6) is 0 Å². The highest BCUT2D eigenvalue weighted by molar-refractivity contribution is 6.31. The van der Waals surface area contributed by atoms with E-state index in [-0.39, 0.29) is 10.7 Å². The fourth-order valence-electron chi connectivity index (χ4n) is 1.54. The van der Waals surface area contributed by atoms with E-state index in [0.717, 1.165) is 0 Å². The molecule has 0 radical (unpaired) electrons. The highest BCUT2D eigenvalue weighted by atomic mass is 35.5. The van der Waals surface area contributed by atoms with Crippen molar-refractivity contribution in [3.05, 3.63) is 29.0 Å². The molecule has 0 aliphatic heterocycles. The molecule has 0 heterocycles. The first-order valence-corrected chi connectivity index (χ1v) is 6.25. The summed E-state index contributed by atoms with van der Waals surface area (Å²) in [5.74, 6) is -1.94. The topological polar surface area (TPSA) is 78.4 Å². The Labute approximate surface area is 121 Å². The third-order valence-electron chi connectivity index (χ3n) is 2.59. The Bertz CT molecular complexity index is 529. The molecule has 1 aromatic carbocycles. The number of hydrogen-bond donors (Lipinski definition) is 3. The number of anilines is 1. The summed E-state index contributed by atoms with van der Waals surface area (Å²) in [7, 11) is 0. The summed E-state index contributed by atoms with van der Waals surface area (Å²) in [6, 6.07) is 2.22. The molecule has 0 aliphatic carbocycles. The number of aliphatic carboxylic acids is 1. The molecule has 1 aromatic rings. The second-order valence-electron chi connectivity index (χ2n) is 5.34. The van der Waals surface area contributed by atoms with E-state index in [1.807, 2.05) is 0 Å². The van der Waals surface area contributed by atoms with Gasteiger partial charge in [-0.2, -0.15) is 0 Å². The van der Waals surface area contributed by atoms with Crippen molar-refractivity contribution in [2.45, 2.75) is 26.8 Å². The lowest BCUT2D eigenvalue weighted by Crippen LogP contribution is -2.50. The van der Waals surface area contributed by atoms with E-state index < -0.39 is 29.3 Å². The number of carboxylic acid groups (broad SMARTS) is 1. The minimum atomic E-state index is -1.17. The number of rotatable bonds is 3. The minimum absolute atomic E-state index is 0.118. The number of amides is 2. The van der Waals surface area contributed by atoms with Crippen LogP contribution in [0.2, 0.25) is 5.02 Å². The second-order valence-corrected chi connectivity index (χ2v) is 5.74. The molecule has 1 rings (SSSR count). The van der Waals surface area contributed by atoms with Gasteiger partial charge >= 0.3 is 12.0 Å². The van der Waals surface area contributed by atoms with Crippen LogP contribution in [0.3, 0.4) is 0 Å². The van der Waals surface area contributed by atoms with E-state index >= 15 is 0 Å². The van der Waals surface area contributed by atoms with Gasteiger partial charge in [-0.1, -0.05) is 38.4 Å². The van der Waals surface area contributed by atoms with E-state index in [9.17, 15) is 14.0 Å². The van der Waals surface area contributed by atoms with Crippen LogP contribution < -0.4 is 10.6 Å². The maximum atomic E-state index is 13.6. The van der Waals surface area contributed by atoms with Crippen molar-refractivity contribution >= 4 is 29.3 Å². The van der Waals surface area contributed by atoms with Crippen molar-refractivity contribution in [3.8, 4) is 0 Å². The third-order valence-corrected chi connectivity index (χ3v) is 2.88. The van der Waals surface area contributed by atoms with Crippen molar-refractivity contribution in [1.29, 1.82) is 0 Å². The predicted molar refractivity (Wildman–Crippen MR) is 74.4 cm³/mol. The first-order valence-electron chi connectivity index (χ1n) is 5.87. The molecule has 3 N–H and O–H groups in total. The Morgan fingerprint density at radius 3 is 2.45 bits per heavy atom. The summed E-state index contributed by atoms with van der Waals surface area (Å²) in [4.78, 5) is 22.9. The van der Waals surface area contributed by atoms with Crippen LogP contribution >= 0.6 is 11.6 Å². The summed E-state index contributed by atoms with van der Waals surface area (Å²) < 4.78 is 13.6. The van der Waals surface area contributed by atoms with Gasteiger partial charge in [0.05, 0.1) is 10.7 Å². The molecule has 0 unspecified atom stereocenters. The van der Waals surface area contributed by atoms with Gasteiger partial charge in [-0.3, -0.25) is 0 Å². The van der Waals surface area contributed by atoms with Crippen LogP contribution in [0, 0.1) is 11.2 Å². The molecule has 0 fully saturated rings. The predicted octanol–water partition coefficient (Wildman–Crippen LogP) is 3.10. The van der Waals surface area contributed by atoms with Crippen LogP contribution in [0.25, 0.3) is 0 Å². The van der Waals surface area contributed by atoms with Crippen LogP contribution in [-0.2, 0) is 4.79 Å². The van der Waals surface area contributed by atoms with Gasteiger partial charge < -0.3 is 15.7 Å². The summed E-state index contributed by atoms with van der Waals surface area (Å²) in [6.07, 6.45) is 0. The van der Waals surface area contributed by atoms with Gasteiger partial charge in [0.2, 0.25) is 0 Å². The van der Waals surface area contributed by atoms with E-state index in [0.29, 0.717) is 0 Å². The summed E-state index contributed by atoms with van der Waals surface area (Å²) >= 11 is 5.59. The lowest BCUT2D eigenvalue weighted by Gasteiger charge is -2.27. The van der Waals surface area contributed by atoms with Crippen LogP contribution in [0.1, 0.15) is 20.8 Å². The number of benzene rings is 1. The van der Waals surface area contributed by atoms with E-state index in [2.05, 4.69) is 10.6 Å². The van der Waals surface area contributed by atoms with E-state index in [4.69, 9.17) is 16.7 Å². The molecule has 0 saturated heterocycles. The molecule has 0 saturated carbocycles. The fraction of sp³-hybridized carbons (Fsp3) is 0.385. The number of carboxylic acids is 1. The van der Waals surface area contributed by atoms with E-state index in [1.54, 1.807) is 20.8 Å². The molecule has 110 valence electrons. The van der Waals surface area contributed by atoms with Crippen molar-refractivity contribution in [2.24, 2.45) is 5.41 Å². The normalized spacial score (nSPS) is 12.7. The van der Waals surface area contributed by atoms with Crippen molar-refractivity contribution in [1.82, 2.24) is 5.32 Å². The van der Waals surface area contributed by atoms with Gasteiger partial charge in [-0.15, -0.1) is 0 Å². The maximum Gasteiger partial charge on any atom is 0.326 e. The minimum Gasteiger partial charge on any atom is -0.480 e. The summed E-state index contributed by atoms with van der Waals surface area (Å²) in [5, 5.41) is 13.5. The molecule has 7 heteroatoms. The molecule has 0 spiro atoms. The largest absolute Gasteiger partial charge is 0.480 e. The van der Waals surface area contributed by atoms with E-state index in [1.165, 1.54) is 18.2 Å². The third kappa shape index (κ3) is 4.09. The highest BCUT2D eigenvalue weighted by Gasteiger charge is 2.32.